The van der Waals surface area contributed by atoms with E-state index in [2.05, 4.69) is 5.32 Å². The number of halogens is 2. The number of hydrogen-bond acceptors (Lipinski definition) is 2. The van der Waals surface area contributed by atoms with E-state index in [0.29, 0.717) is 10.0 Å². The fourth-order valence-electron chi connectivity index (χ4n) is 1.67. The lowest BCUT2D eigenvalue weighted by atomic mass is 10.0. The second kappa shape index (κ2) is 7.13. The van der Waals surface area contributed by atoms with Crippen molar-refractivity contribution in [3.8, 4) is 0 Å². The van der Waals surface area contributed by atoms with Crippen LogP contribution < -0.4 is 5.32 Å². The smallest absolute Gasteiger partial charge is 0.0468 e. The maximum Gasteiger partial charge on any atom is 0.0468 e. The first-order valence-electron chi connectivity index (χ1n) is 5.30. The predicted octanol–water partition coefficient (Wildman–Crippen LogP) is 3.68. The summed E-state index contributed by atoms with van der Waals surface area (Å²) < 4.78 is 5.04. The second-order valence-electron chi connectivity index (χ2n) is 3.64. The van der Waals surface area contributed by atoms with Crippen molar-refractivity contribution in [3.63, 3.8) is 0 Å². The van der Waals surface area contributed by atoms with E-state index in [4.69, 9.17) is 27.9 Å². The Morgan fingerprint density at radius 1 is 1.38 bits per heavy atom. The molecule has 0 aromatic heterocycles. The van der Waals surface area contributed by atoms with Gasteiger partial charge in [-0.15, -0.1) is 0 Å². The highest BCUT2D eigenvalue weighted by Gasteiger charge is 2.12. The van der Waals surface area contributed by atoms with Gasteiger partial charge in [0, 0.05) is 29.8 Å². The first kappa shape index (κ1) is 13.8. The highest BCUT2D eigenvalue weighted by molar-refractivity contribution is 6.35. The van der Waals surface area contributed by atoms with E-state index in [-0.39, 0.29) is 6.04 Å². The summed E-state index contributed by atoms with van der Waals surface area (Å²) in [6.07, 6.45) is 1.99. The third kappa shape index (κ3) is 3.95. The Morgan fingerprint density at radius 2 is 2.12 bits per heavy atom. The highest BCUT2D eigenvalue weighted by atomic mass is 35.5. The quantitative estimate of drug-likeness (QED) is 0.789. The minimum Gasteiger partial charge on any atom is -0.385 e. The lowest BCUT2D eigenvalue weighted by Crippen LogP contribution is -2.17. The summed E-state index contributed by atoms with van der Waals surface area (Å²) in [6.45, 7) is 0.767. The van der Waals surface area contributed by atoms with Crippen molar-refractivity contribution >= 4 is 23.2 Å². The molecular weight excluding hydrogens is 245 g/mol. The van der Waals surface area contributed by atoms with Gasteiger partial charge in [-0.25, -0.2) is 0 Å². The molecule has 0 fully saturated rings. The summed E-state index contributed by atoms with van der Waals surface area (Å²) in [4.78, 5) is 0. The summed E-state index contributed by atoms with van der Waals surface area (Å²) in [6, 6.07) is 5.86. The van der Waals surface area contributed by atoms with E-state index >= 15 is 0 Å². The summed E-state index contributed by atoms with van der Waals surface area (Å²) in [7, 11) is 3.64. The zero-order chi connectivity index (χ0) is 12.0. The number of rotatable bonds is 6. The van der Waals surface area contributed by atoms with Crippen molar-refractivity contribution in [3.05, 3.63) is 33.8 Å². The van der Waals surface area contributed by atoms with E-state index in [1.807, 2.05) is 19.2 Å². The van der Waals surface area contributed by atoms with Gasteiger partial charge in [0.15, 0.2) is 0 Å². The van der Waals surface area contributed by atoms with Crippen molar-refractivity contribution in [1.29, 1.82) is 0 Å². The molecule has 1 N–H and O–H groups in total. The molecule has 0 amide bonds. The van der Waals surface area contributed by atoms with Crippen LogP contribution in [0.3, 0.4) is 0 Å². The van der Waals surface area contributed by atoms with E-state index in [9.17, 15) is 0 Å². The summed E-state index contributed by atoms with van der Waals surface area (Å²) in [5.74, 6) is 0. The molecule has 1 atom stereocenters. The first-order chi connectivity index (χ1) is 7.69. The van der Waals surface area contributed by atoms with Crippen LogP contribution in [0.2, 0.25) is 10.0 Å². The molecule has 0 heterocycles. The molecule has 1 aromatic carbocycles. The second-order valence-corrected chi connectivity index (χ2v) is 4.49. The van der Waals surface area contributed by atoms with Crippen molar-refractivity contribution in [1.82, 2.24) is 5.32 Å². The Bertz CT molecular complexity index is 331. The van der Waals surface area contributed by atoms with E-state index in [1.165, 1.54) is 0 Å². The molecule has 1 unspecified atom stereocenters. The van der Waals surface area contributed by atoms with Crippen LogP contribution in [0.5, 0.6) is 0 Å². The average molecular weight is 262 g/mol. The van der Waals surface area contributed by atoms with Gasteiger partial charge < -0.3 is 10.1 Å². The lowest BCUT2D eigenvalue weighted by Gasteiger charge is -2.18. The highest BCUT2D eigenvalue weighted by Crippen LogP contribution is 2.28. The Kier molecular flexibility index (Phi) is 6.14. The molecule has 2 nitrogen and oxygen atoms in total. The standard InChI is InChI=1S/C12H17Cl2NO/c1-15-12(4-3-7-16-2)10-6-5-9(13)8-11(10)14/h5-6,8,12,15H,3-4,7H2,1-2H3. The Hall–Kier alpha value is -0.280. The van der Waals surface area contributed by atoms with Gasteiger partial charge in [-0.1, -0.05) is 29.3 Å². The molecule has 0 aliphatic carbocycles. The zero-order valence-corrected chi connectivity index (χ0v) is 11.1. The lowest BCUT2D eigenvalue weighted by molar-refractivity contribution is 0.189. The van der Waals surface area contributed by atoms with Crippen molar-refractivity contribution in [2.45, 2.75) is 18.9 Å². The molecule has 90 valence electrons. The SMILES string of the molecule is CNC(CCCOC)c1ccc(Cl)cc1Cl. The van der Waals surface area contributed by atoms with Crippen molar-refractivity contribution in [2.75, 3.05) is 20.8 Å². The molecule has 4 heteroatoms. The number of ether oxygens (including phenoxy) is 1. The van der Waals surface area contributed by atoms with Crippen LogP contribution >= 0.6 is 23.2 Å². The summed E-state index contributed by atoms with van der Waals surface area (Å²) >= 11 is 12.0. The van der Waals surface area contributed by atoms with Gasteiger partial charge in [0.05, 0.1) is 0 Å². The largest absolute Gasteiger partial charge is 0.385 e. The monoisotopic (exact) mass is 261 g/mol. The molecule has 0 aliphatic heterocycles. The minimum atomic E-state index is 0.250. The normalized spacial score (nSPS) is 12.8. The maximum absolute atomic E-state index is 6.16. The van der Waals surface area contributed by atoms with Crippen LogP contribution in [0, 0.1) is 0 Å². The van der Waals surface area contributed by atoms with E-state index in [1.54, 1.807) is 13.2 Å². The maximum atomic E-state index is 6.16. The summed E-state index contributed by atoms with van der Waals surface area (Å²) in [5.41, 5.74) is 1.09. The van der Waals surface area contributed by atoms with Crippen molar-refractivity contribution < 1.29 is 4.74 Å². The van der Waals surface area contributed by atoms with Gasteiger partial charge in [-0.3, -0.25) is 0 Å². The Balaban J connectivity index is 2.70. The third-order valence-electron chi connectivity index (χ3n) is 2.53. The van der Waals surface area contributed by atoms with Crippen LogP contribution in [-0.2, 0) is 4.74 Å². The van der Waals surface area contributed by atoms with Gasteiger partial charge in [0.25, 0.3) is 0 Å². The van der Waals surface area contributed by atoms with Crippen molar-refractivity contribution in [2.24, 2.45) is 0 Å². The number of nitrogens with one attached hydrogen (secondary N) is 1. The van der Waals surface area contributed by atoms with E-state index in [0.717, 1.165) is 25.0 Å². The Morgan fingerprint density at radius 3 is 2.69 bits per heavy atom. The Labute approximate surface area is 107 Å². The fourth-order valence-corrected chi connectivity index (χ4v) is 2.21. The summed E-state index contributed by atoms with van der Waals surface area (Å²) in [5, 5.41) is 4.63. The topological polar surface area (TPSA) is 21.3 Å². The molecule has 0 saturated heterocycles. The zero-order valence-electron chi connectivity index (χ0n) is 9.59. The number of benzene rings is 1. The average Bonchev–Trinajstić information content (AvgIpc) is 2.26. The molecule has 0 radical (unpaired) electrons. The molecule has 16 heavy (non-hydrogen) atoms. The van der Waals surface area contributed by atoms with Gasteiger partial charge in [0.2, 0.25) is 0 Å². The predicted molar refractivity (Wildman–Crippen MR) is 69.4 cm³/mol. The van der Waals surface area contributed by atoms with Gasteiger partial charge in [0.1, 0.15) is 0 Å². The molecule has 0 saturated carbocycles. The molecule has 0 bridgehead atoms. The minimum absolute atomic E-state index is 0.250. The van der Waals surface area contributed by atoms with Crippen LogP contribution in [0.25, 0.3) is 0 Å². The van der Waals surface area contributed by atoms with Crippen LogP contribution in [0.15, 0.2) is 18.2 Å². The number of methoxy groups -OCH3 is 1. The van der Waals surface area contributed by atoms with Gasteiger partial charge >= 0.3 is 0 Å². The molecular formula is C12H17Cl2NO. The third-order valence-corrected chi connectivity index (χ3v) is 3.09. The van der Waals surface area contributed by atoms with E-state index < -0.39 is 0 Å². The molecule has 1 aromatic rings. The first-order valence-corrected chi connectivity index (χ1v) is 6.05. The van der Waals surface area contributed by atoms with Crippen LogP contribution in [-0.4, -0.2) is 20.8 Å². The molecule has 0 aliphatic rings. The molecule has 1 rings (SSSR count). The van der Waals surface area contributed by atoms with Gasteiger partial charge in [-0.2, -0.15) is 0 Å². The van der Waals surface area contributed by atoms with Crippen LogP contribution in [0.4, 0.5) is 0 Å². The van der Waals surface area contributed by atoms with Gasteiger partial charge in [-0.05, 0) is 37.6 Å². The fraction of sp³-hybridized carbons (Fsp3) is 0.500. The molecule has 0 spiro atoms. The number of hydrogen-bond donors (Lipinski definition) is 1. The van der Waals surface area contributed by atoms with Crippen LogP contribution in [0.1, 0.15) is 24.4 Å².